The first-order valence-corrected chi connectivity index (χ1v) is 7.58. The number of carbonyl (C=O) groups excluding carboxylic acids is 1. The fourth-order valence-corrected chi connectivity index (χ4v) is 2.05. The first-order chi connectivity index (χ1) is 12.1. The van der Waals surface area contributed by atoms with E-state index in [-0.39, 0.29) is 24.2 Å². The maximum absolute atomic E-state index is 12.9. The first kappa shape index (κ1) is 16.6. The molecule has 0 saturated carbocycles. The normalized spacial score (nSPS) is 11.8. The van der Waals surface area contributed by atoms with Crippen molar-refractivity contribution in [1.82, 2.24) is 10.2 Å². The summed E-state index contributed by atoms with van der Waals surface area (Å²) in [5.41, 5.74) is 0.575. The van der Waals surface area contributed by atoms with Gasteiger partial charge in [-0.05, 0) is 43.3 Å². The van der Waals surface area contributed by atoms with Crippen molar-refractivity contribution >= 4 is 5.97 Å². The molecule has 0 N–H and O–H groups in total. The highest BCUT2D eigenvalue weighted by molar-refractivity contribution is 5.71. The molecule has 1 atom stereocenters. The second-order valence-electron chi connectivity index (χ2n) is 5.19. The maximum atomic E-state index is 12.9. The summed E-state index contributed by atoms with van der Waals surface area (Å²) >= 11 is 0. The monoisotopic (exact) mass is 342 g/mol. The number of benzene rings is 2. The van der Waals surface area contributed by atoms with Gasteiger partial charge in [0.2, 0.25) is 5.89 Å². The topological polar surface area (TPSA) is 74.5 Å². The Kier molecular flexibility index (Phi) is 5.03. The van der Waals surface area contributed by atoms with E-state index in [4.69, 9.17) is 13.9 Å². The molecule has 2 aromatic carbocycles. The Morgan fingerprint density at radius 2 is 1.84 bits per heavy atom. The minimum Gasteiger partial charge on any atom is -0.482 e. The van der Waals surface area contributed by atoms with Crippen molar-refractivity contribution in [2.45, 2.75) is 13.0 Å². The second kappa shape index (κ2) is 7.57. The Hall–Kier alpha value is -3.22. The predicted molar refractivity (Wildman–Crippen MR) is 86.1 cm³/mol. The number of nitrogens with zero attached hydrogens (tertiary/aromatic N) is 2. The van der Waals surface area contributed by atoms with E-state index in [1.165, 1.54) is 24.3 Å². The van der Waals surface area contributed by atoms with Crippen LogP contribution in [0.3, 0.4) is 0 Å². The molecule has 6 nitrogen and oxygen atoms in total. The molecule has 0 bridgehead atoms. The third kappa shape index (κ3) is 4.41. The van der Waals surface area contributed by atoms with Gasteiger partial charge < -0.3 is 13.9 Å². The highest BCUT2D eigenvalue weighted by Crippen LogP contribution is 2.22. The SMILES string of the molecule is C[C@H](OC(=O)COc1ccccc1)c1nnc(-c2ccc(F)cc2)o1. The molecule has 1 heterocycles. The number of aromatic nitrogens is 2. The van der Waals surface area contributed by atoms with Crippen LogP contribution in [0.1, 0.15) is 18.9 Å². The Balaban J connectivity index is 1.57. The molecule has 1 aromatic heterocycles. The molecule has 0 saturated heterocycles. The van der Waals surface area contributed by atoms with Crippen LogP contribution in [-0.2, 0) is 9.53 Å². The third-order valence-corrected chi connectivity index (χ3v) is 3.29. The number of hydrogen-bond acceptors (Lipinski definition) is 6. The lowest BCUT2D eigenvalue weighted by molar-refractivity contribution is -0.152. The number of esters is 1. The molecular weight excluding hydrogens is 327 g/mol. The van der Waals surface area contributed by atoms with E-state index in [0.29, 0.717) is 11.3 Å². The number of halogens is 1. The zero-order valence-corrected chi connectivity index (χ0v) is 13.4. The highest BCUT2D eigenvalue weighted by atomic mass is 19.1. The fraction of sp³-hybridized carbons (Fsp3) is 0.167. The van der Waals surface area contributed by atoms with Crippen LogP contribution in [0.2, 0.25) is 0 Å². The van der Waals surface area contributed by atoms with Crippen LogP contribution in [0.15, 0.2) is 59.0 Å². The van der Waals surface area contributed by atoms with Crippen molar-refractivity contribution in [3.63, 3.8) is 0 Å². The van der Waals surface area contributed by atoms with Crippen LogP contribution in [-0.4, -0.2) is 22.8 Å². The summed E-state index contributed by atoms with van der Waals surface area (Å²) in [6, 6.07) is 14.6. The molecule has 3 rings (SSSR count). The van der Waals surface area contributed by atoms with Gasteiger partial charge in [-0.15, -0.1) is 10.2 Å². The largest absolute Gasteiger partial charge is 0.482 e. The van der Waals surface area contributed by atoms with Gasteiger partial charge in [0.15, 0.2) is 12.7 Å². The number of carbonyl (C=O) groups is 1. The van der Waals surface area contributed by atoms with Crippen molar-refractivity contribution in [3.05, 3.63) is 66.3 Å². The zero-order chi connectivity index (χ0) is 17.6. The summed E-state index contributed by atoms with van der Waals surface area (Å²) in [6.45, 7) is 1.38. The van der Waals surface area contributed by atoms with Gasteiger partial charge in [0, 0.05) is 5.56 Å². The Morgan fingerprint density at radius 1 is 1.12 bits per heavy atom. The fourth-order valence-electron chi connectivity index (χ4n) is 2.05. The molecule has 3 aromatic rings. The van der Waals surface area contributed by atoms with Gasteiger partial charge in [-0.25, -0.2) is 9.18 Å². The van der Waals surface area contributed by atoms with Crippen LogP contribution in [0.4, 0.5) is 4.39 Å². The Bertz CT molecular complexity index is 834. The van der Waals surface area contributed by atoms with Gasteiger partial charge in [0.1, 0.15) is 11.6 Å². The Morgan fingerprint density at radius 3 is 2.56 bits per heavy atom. The molecule has 0 aliphatic heterocycles. The van der Waals surface area contributed by atoms with E-state index >= 15 is 0 Å². The van der Waals surface area contributed by atoms with Gasteiger partial charge in [0.25, 0.3) is 5.89 Å². The van der Waals surface area contributed by atoms with E-state index in [1.54, 1.807) is 31.2 Å². The summed E-state index contributed by atoms with van der Waals surface area (Å²) < 4.78 is 28.9. The van der Waals surface area contributed by atoms with E-state index in [0.717, 1.165) is 0 Å². The van der Waals surface area contributed by atoms with E-state index in [2.05, 4.69) is 10.2 Å². The summed E-state index contributed by atoms with van der Waals surface area (Å²) in [7, 11) is 0. The van der Waals surface area contributed by atoms with Gasteiger partial charge in [0.05, 0.1) is 0 Å². The van der Waals surface area contributed by atoms with Crippen LogP contribution in [0.25, 0.3) is 11.5 Å². The summed E-state index contributed by atoms with van der Waals surface area (Å²) in [6.07, 6.45) is -0.728. The van der Waals surface area contributed by atoms with E-state index in [9.17, 15) is 9.18 Å². The lowest BCUT2D eigenvalue weighted by Crippen LogP contribution is -2.17. The highest BCUT2D eigenvalue weighted by Gasteiger charge is 2.19. The van der Waals surface area contributed by atoms with Gasteiger partial charge >= 0.3 is 5.97 Å². The summed E-state index contributed by atoms with van der Waals surface area (Å²) in [4.78, 5) is 11.8. The molecular formula is C18H15FN2O4. The lowest BCUT2D eigenvalue weighted by Gasteiger charge is -2.10. The third-order valence-electron chi connectivity index (χ3n) is 3.29. The van der Waals surface area contributed by atoms with Crippen molar-refractivity contribution in [1.29, 1.82) is 0 Å². The van der Waals surface area contributed by atoms with Crippen LogP contribution < -0.4 is 4.74 Å². The average Bonchev–Trinajstić information content (AvgIpc) is 3.12. The predicted octanol–water partition coefficient (Wildman–Crippen LogP) is 3.56. The first-order valence-electron chi connectivity index (χ1n) is 7.58. The lowest BCUT2D eigenvalue weighted by atomic mass is 10.2. The van der Waals surface area contributed by atoms with E-state index in [1.807, 2.05) is 6.07 Å². The minimum atomic E-state index is -0.728. The molecule has 0 amide bonds. The molecule has 0 fully saturated rings. The molecule has 0 spiro atoms. The number of ether oxygens (including phenoxy) is 2. The van der Waals surface area contributed by atoms with Gasteiger partial charge in [-0.3, -0.25) is 0 Å². The van der Waals surface area contributed by atoms with Crippen LogP contribution in [0, 0.1) is 5.82 Å². The smallest absolute Gasteiger partial charge is 0.344 e. The van der Waals surface area contributed by atoms with Crippen molar-refractivity contribution in [2.24, 2.45) is 0 Å². The van der Waals surface area contributed by atoms with Crippen molar-refractivity contribution in [2.75, 3.05) is 6.61 Å². The standard InChI is InChI=1S/C18H15FN2O4/c1-12(24-16(22)11-23-15-5-3-2-4-6-15)17-20-21-18(25-17)13-7-9-14(19)10-8-13/h2-10,12H,11H2,1H3/t12-/m0/s1. The number of hydrogen-bond donors (Lipinski definition) is 0. The minimum absolute atomic E-state index is 0.146. The molecule has 0 aliphatic carbocycles. The second-order valence-corrected chi connectivity index (χ2v) is 5.19. The molecule has 128 valence electrons. The van der Waals surface area contributed by atoms with Gasteiger partial charge in [-0.1, -0.05) is 18.2 Å². The Labute approximate surface area is 143 Å². The average molecular weight is 342 g/mol. The summed E-state index contributed by atoms with van der Waals surface area (Å²) in [5, 5.41) is 7.73. The van der Waals surface area contributed by atoms with Crippen molar-refractivity contribution < 1.29 is 23.1 Å². The zero-order valence-electron chi connectivity index (χ0n) is 13.4. The van der Waals surface area contributed by atoms with Crippen LogP contribution in [0.5, 0.6) is 5.75 Å². The molecule has 0 unspecified atom stereocenters. The quantitative estimate of drug-likeness (QED) is 0.638. The van der Waals surface area contributed by atoms with Crippen molar-refractivity contribution in [3.8, 4) is 17.2 Å². The van der Waals surface area contributed by atoms with Crippen LogP contribution >= 0.6 is 0 Å². The van der Waals surface area contributed by atoms with Gasteiger partial charge in [-0.2, -0.15) is 0 Å². The number of rotatable bonds is 6. The molecule has 7 heteroatoms. The van der Waals surface area contributed by atoms with E-state index < -0.39 is 12.1 Å². The molecule has 0 aliphatic rings. The number of para-hydroxylation sites is 1. The summed E-state index contributed by atoms with van der Waals surface area (Å²) in [5.74, 6) is 0.0244. The maximum Gasteiger partial charge on any atom is 0.344 e. The molecule has 0 radical (unpaired) electrons. The molecule has 25 heavy (non-hydrogen) atoms.